The van der Waals surface area contributed by atoms with Crippen molar-refractivity contribution in [1.29, 1.82) is 0 Å². The monoisotopic (exact) mass is 217 g/mol. The molecule has 3 heteroatoms. The van der Waals surface area contributed by atoms with Gasteiger partial charge in [0.05, 0.1) is 13.5 Å². The van der Waals surface area contributed by atoms with Gasteiger partial charge in [-0.3, -0.25) is 4.79 Å². The number of hydrogen-bond acceptors (Lipinski definition) is 2. The number of carbonyl (C=O) groups excluding carboxylic acids is 1. The molecule has 0 saturated heterocycles. The fourth-order valence-electron chi connectivity index (χ4n) is 1.30. The predicted molar refractivity (Wildman–Crippen MR) is 63.2 cm³/mol. The molecule has 84 valence electrons. The quantitative estimate of drug-likeness (QED) is 0.597. The van der Waals surface area contributed by atoms with Crippen LogP contribution in [-0.2, 0) is 11.2 Å². The zero-order valence-corrected chi connectivity index (χ0v) is 9.32. The normalized spacial score (nSPS) is 9.25. The number of nitrogens with one attached hydrogen (secondary N) is 1. The van der Waals surface area contributed by atoms with Crippen LogP contribution in [0.4, 0.5) is 0 Å². The van der Waals surface area contributed by atoms with Crippen LogP contribution < -0.4 is 10.1 Å². The zero-order chi connectivity index (χ0) is 11.8. The van der Waals surface area contributed by atoms with Gasteiger partial charge in [-0.1, -0.05) is 12.1 Å². The van der Waals surface area contributed by atoms with E-state index in [1.54, 1.807) is 7.11 Å². The minimum absolute atomic E-state index is 0.0245. The SMILES string of the molecule is C#CCCNC(=O)Cc1cccc(OC)c1. The van der Waals surface area contributed by atoms with Crippen LogP contribution in [0.1, 0.15) is 12.0 Å². The summed E-state index contributed by atoms with van der Waals surface area (Å²) in [6.07, 6.45) is 6.00. The summed E-state index contributed by atoms with van der Waals surface area (Å²) in [5.41, 5.74) is 0.928. The van der Waals surface area contributed by atoms with Crippen LogP contribution in [0.3, 0.4) is 0 Å². The Kier molecular flexibility index (Phi) is 4.94. The van der Waals surface area contributed by atoms with Crippen LogP contribution in [-0.4, -0.2) is 19.6 Å². The van der Waals surface area contributed by atoms with Gasteiger partial charge in [0.15, 0.2) is 0 Å². The summed E-state index contributed by atoms with van der Waals surface area (Å²) in [6.45, 7) is 0.527. The van der Waals surface area contributed by atoms with E-state index in [4.69, 9.17) is 11.2 Å². The van der Waals surface area contributed by atoms with Crippen molar-refractivity contribution in [2.24, 2.45) is 0 Å². The minimum atomic E-state index is -0.0245. The molecule has 0 spiro atoms. The van der Waals surface area contributed by atoms with E-state index in [9.17, 15) is 4.79 Å². The average Bonchev–Trinajstić information content (AvgIpc) is 2.29. The van der Waals surface area contributed by atoms with E-state index in [0.717, 1.165) is 11.3 Å². The molecule has 0 heterocycles. The molecule has 1 aromatic carbocycles. The second-order valence-corrected chi connectivity index (χ2v) is 3.33. The van der Waals surface area contributed by atoms with E-state index in [1.165, 1.54) is 0 Å². The lowest BCUT2D eigenvalue weighted by atomic mass is 10.1. The van der Waals surface area contributed by atoms with Crippen molar-refractivity contribution in [3.8, 4) is 18.1 Å². The number of ether oxygens (including phenoxy) is 1. The molecule has 0 unspecified atom stereocenters. The summed E-state index contributed by atoms with van der Waals surface area (Å²) >= 11 is 0. The largest absolute Gasteiger partial charge is 0.497 e. The average molecular weight is 217 g/mol. The van der Waals surface area contributed by atoms with Gasteiger partial charge in [0.1, 0.15) is 5.75 Å². The standard InChI is InChI=1S/C13H15NO2/c1-3-4-8-14-13(15)10-11-6-5-7-12(9-11)16-2/h1,5-7,9H,4,8,10H2,2H3,(H,14,15). The number of rotatable bonds is 5. The minimum Gasteiger partial charge on any atom is -0.497 e. The lowest BCUT2D eigenvalue weighted by Crippen LogP contribution is -2.25. The molecule has 1 rings (SSSR count). The third-order valence-electron chi connectivity index (χ3n) is 2.09. The molecular weight excluding hydrogens is 202 g/mol. The summed E-state index contributed by atoms with van der Waals surface area (Å²) in [4.78, 5) is 11.5. The Morgan fingerprint density at radius 1 is 1.56 bits per heavy atom. The first-order valence-electron chi connectivity index (χ1n) is 5.09. The molecule has 0 aliphatic carbocycles. The van der Waals surface area contributed by atoms with Gasteiger partial charge in [-0.05, 0) is 17.7 Å². The fraction of sp³-hybridized carbons (Fsp3) is 0.308. The van der Waals surface area contributed by atoms with Crippen LogP contribution in [0.15, 0.2) is 24.3 Å². The molecular formula is C13H15NO2. The maximum Gasteiger partial charge on any atom is 0.224 e. The first-order valence-corrected chi connectivity index (χ1v) is 5.09. The van der Waals surface area contributed by atoms with Crippen LogP contribution in [0.25, 0.3) is 0 Å². The number of terminal acetylenes is 1. The Hall–Kier alpha value is -1.95. The summed E-state index contributed by atoms with van der Waals surface area (Å²) in [5.74, 6) is 3.20. The van der Waals surface area contributed by atoms with Gasteiger partial charge in [-0.2, -0.15) is 0 Å². The summed E-state index contributed by atoms with van der Waals surface area (Å²) in [6, 6.07) is 7.45. The number of methoxy groups -OCH3 is 1. The van der Waals surface area contributed by atoms with Gasteiger partial charge in [-0.25, -0.2) is 0 Å². The maximum absolute atomic E-state index is 11.5. The van der Waals surface area contributed by atoms with E-state index in [2.05, 4.69) is 11.2 Å². The van der Waals surface area contributed by atoms with Crippen molar-refractivity contribution in [1.82, 2.24) is 5.32 Å². The van der Waals surface area contributed by atoms with Crippen LogP contribution >= 0.6 is 0 Å². The molecule has 0 aromatic heterocycles. The second kappa shape index (κ2) is 6.52. The van der Waals surface area contributed by atoms with Crippen molar-refractivity contribution in [2.75, 3.05) is 13.7 Å². The Labute approximate surface area is 95.8 Å². The Bertz CT molecular complexity index is 393. The van der Waals surface area contributed by atoms with Gasteiger partial charge in [-0.15, -0.1) is 12.3 Å². The highest BCUT2D eigenvalue weighted by Gasteiger charge is 2.03. The lowest BCUT2D eigenvalue weighted by molar-refractivity contribution is -0.120. The van der Waals surface area contributed by atoms with Gasteiger partial charge < -0.3 is 10.1 Å². The number of carbonyl (C=O) groups is 1. The maximum atomic E-state index is 11.5. The third kappa shape index (κ3) is 4.05. The molecule has 0 fully saturated rings. The van der Waals surface area contributed by atoms with E-state index >= 15 is 0 Å². The smallest absolute Gasteiger partial charge is 0.224 e. The van der Waals surface area contributed by atoms with E-state index < -0.39 is 0 Å². The van der Waals surface area contributed by atoms with Crippen molar-refractivity contribution in [3.63, 3.8) is 0 Å². The van der Waals surface area contributed by atoms with E-state index in [-0.39, 0.29) is 5.91 Å². The number of benzene rings is 1. The highest BCUT2D eigenvalue weighted by atomic mass is 16.5. The number of amides is 1. The molecule has 0 aliphatic rings. The van der Waals surface area contributed by atoms with Crippen molar-refractivity contribution < 1.29 is 9.53 Å². The Morgan fingerprint density at radius 2 is 2.38 bits per heavy atom. The summed E-state index contributed by atoms with van der Waals surface area (Å²) in [7, 11) is 1.60. The van der Waals surface area contributed by atoms with Crippen molar-refractivity contribution in [2.45, 2.75) is 12.8 Å². The Balaban J connectivity index is 2.46. The zero-order valence-electron chi connectivity index (χ0n) is 9.32. The molecule has 1 N–H and O–H groups in total. The Morgan fingerprint density at radius 3 is 3.06 bits per heavy atom. The van der Waals surface area contributed by atoms with Crippen LogP contribution in [0.5, 0.6) is 5.75 Å². The van der Waals surface area contributed by atoms with Gasteiger partial charge in [0.2, 0.25) is 5.91 Å². The molecule has 16 heavy (non-hydrogen) atoms. The highest BCUT2D eigenvalue weighted by molar-refractivity contribution is 5.78. The molecule has 0 atom stereocenters. The topological polar surface area (TPSA) is 38.3 Å². The van der Waals surface area contributed by atoms with Gasteiger partial charge in [0.25, 0.3) is 0 Å². The first-order chi connectivity index (χ1) is 7.76. The third-order valence-corrected chi connectivity index (χ3v) is 2.09. The molecule has 0 saturated carbocycles. The summed E-state index contributed by atoms with van der Waals surface area (Å²) < 4.78 is 5.08. The summed E-state index contributed by atoms with van der Waals surface area (Å²) in [5, 5.41) is 2.75. The molecule has 0 radical (unpaired) electrons. The van der Waals surface area contributed by atoms with E-state index in [0.29, 0.717) is 19.4 Å². The first kappa shape index (κ1) is 12.1. The van der Waals surface area contributed by atoms with Crippen molar-refractivity contribution >= 4 is 5.91 Å². The van der Waals surface area contributed by atoms with Crippen LogP contribution in [0.2, 0.25) is 0 Å². The highest BCUT2D eigenvalue weighted by Crippen LogP contribution is 2.12. The van der Waals surface area contributed by atoms with Gasteiger partial charge >= 0.3 is 0 Å². The number of hydrogen-bond donors (Lipinski definition) is 1. The van der Waals surface area contributed by atoms with Crippen LogP contribution in [0, 0.1) is 12.3 Å². The van der Waals surface area contributed by atoms with Gasteiger partial charge in [0, 0.05) is 13.0 Å². The van der Waals surface area contributed by atoms with E-state index in [1.807, 2.05) is 24.3 Å². The molecule has 0 bridgehead atoms. The predicted octanol–water partition coefficient (Wildman–Crippen LogP) is 1.38. The molecule has 0 aliphatic heterocycles. The lowest BCUT2D eigenvalue weighted by Gasteiger charge is -2.05. The fourth-order valence-corrected chi connectivity index (χ4v) is 1.30. The van der Waals surface area contributed by atoms with Crippen molar-refractivity contribution in [3.05, 3.63) is 29.8 Å². The second-order valence-electron chi connectivity index (χ2n) is 3.33. The molecule has 1 aromatic rings. The molecule has 3 nitrogen and oxygen atoms in total. The molecule has 1 amide bonds.